The Bertz CT molecular complexity index is 1550. The van der Waals surface area contributed by atoms with Crippen LogP contribution in [0.2, 0.25) is 0 Å². The van der Waals surface area contributed by atoms with E-state index >= 15 is 0 Å². The van der Waals surface area contributed by atoms with Crippen molar-refractivity contribution in [2.24, 2.45) is 5.92 Å². The van der Waals surface area contributed by atoms with Gasteiger partial charge in [0, 0.05) is 64.1 Å². The lowest BCUT2D eigenvalue weighted by Gasteiger charge is -2.35. The number of imidazole rings is 1. The van der Waals surface area contributed by atoms with Gasteiger partial charge in [0.15, 0.2) is 0 Å². The van der Waals surface area contributed by atoms with Crippen LogP contribution >= 0.6 is 0 Å². The van der Waals surface area contributed by atoms with Crippen molar-refractivity contribution in [3.63, 3.8) is 0 Å². The molecule has 0 bridgehead atoms. The number of carbonyl (C=O) groups is 1. The Morgan fingerprint density at radius 3 is 2.64 bits per heavy atom. The number of pyridine rings is 1. The monoisotopic (exact) mass is 569 g/mol. The molecule has 2 N–H and O–H groups in total. The normalized spacial score (nSPS) is 16.0. The maximum absolute atomic E-state index is 12.4. The molecule has 6 rings (SSSR count). The third-order valence-electron chi connectivity index (χ3n) is 7.55. The second-order valence-electron chi connectivity index (χ2n) is 12.3. The summed E-state index contributed by atoms with van der Waals surface area (Å²) in [5.74, 6) is 3.08. The van der Waals surface area contributed by atoms with Gasteiger partial charge >= 0.3 is 6.09 Å². The molecular weight excluding hydrogens is 530 g/mol. The molecule has 42 heavy (non-hydrogen) atoms. The van der Waals surface area contributed by atoms with E-state index in [2.05, 4.69) is 48.2 Å². The second kappa shape index (κ2) is 11.6. The molecule has 2 fully saturated rings. The average Bonchev–Trinajstić information content (AvgIpc) is 3.68. The third-order valence-corrected chi connectivity index (χ3v) is 7.55. The first kappa shape index (κ1) is 27.9. The molecule has 1 aromatic carbocycles. The Balaban J connectivity index is 1.08. The van der Waals surface area contributed by atoms with E-state index in [0.717, 1.165) is 71.6 Å². The molecule has 11 heteroatoms. The maximum atomic E-state index is 12.4. The first-order valence-electron chi connectivity index (χ1n) is 14.6. The van der Waals surface area contributed by atoms with Crippen LogP contribution in [0.3, 0.4) is 0 Å². The number of nitrogens with zero attached hydrogens (tertiary/aromatic N) is 7. The summed E-state index contributed by atoms with van der Waals surface area (Å²) >= 11 is 0. The molecule has 0 spiro atoms. The highest BCUT2D eigenvalue weighted by molar-refractivity contribution is 5.83. The highest BCUT2D eigenvalue weighted by Crippen LogP contribution is 2.31. The Hall–Kier alpha value is -4.25. The van der Waals surface area contributed by atoms with E-state index in [-0.39, 0.29) is 6.09 Å². The van der Waals surface area contributed by atoms with Crippen LogP contribution in [0.5, 0.6) is 0 Å². The van der Waals surface area contributed by atoms with Crippen molar-refractivity contribution in [1.82, 2.24) is 34.7 Å². The SMILES string of the molecule is CN(CC1CC1)c1cc(-c2ccc3nc(Nc4cc(CN5CCN(C(=O)OC(C)(C)C)CC5)ccn4)[nH]c3c2)ncn1. The molecule has 4 heterocycles. The van der Waals surface area contributed by atoms with Gasteiger partial charge in [-0.2, -0.15) is 0 Å². The minimum Gasteiger partial charge on any atom is -0.444 e. The lowest BCUT2D eigenvalue weighted by atomic mass is 10.1. The first-order chi connectivity index (χ1) is 20.2. The van der Waals surface area contributed by atoms with Gasteiger partial charge in [-0.3, -0.25) is 4.90 Å². The van der Waals surface area contributed by atoms with Crippen molar-refractivity contribution in [2.45, 2.75) is 45.8 Å². The first-order valence-corrected chi connectivity index (χ1v) is 14.6. The molecule has 220 valence electrons. The van der Waals surface area contributed by atoms with Crippen molar-refractivity contribution in [3.8, 4) is 11.3 Å². The number of H-pyrrole nitrogens is 1. The number of nitrogens with one attached hydrogen (secondary N) is 2. The minimum absolute atomic E-state index is 0.242. The van der Waals surface area contributed by atoms with Crippen LogP contribution in [0.25, 0.3) is 22.3 Å². The van der Waals surface area contributed by atoms with Crippen molar-refractivity contribution in [3.05, 3.63) is 54.5 Å². The van der Waals surface area contributed by atoms with Gasteiger partial charge in [0.2, 0.25) is 5.95 Å². The standard InChI is InChI=1S/C31H39N9O2/c1-31(2,3)42-30(41)40-13-11-39(12-14-40)19-22-9-10-32-27(15-22)37-29-35-24-8-7-23(16-26(24)36-29)25-17-28(34-20-33-25)38(4)18-21-5-6-21/h7-10,15-17,20-21H,5-6,11-14,18-19H2,1-4H3,(H2,32,35,36,37). The fourth-order valence-corrected chi connectivity index (χ4v) is 5.16. The fourth-order valence-electron chi connectivity index (χ4n) is 5.16. The number of amides is 1. The van der Waals surface area contributed by atoms with Gasteiger partial charge in [-0.15, -0.1) is 0 Å². The van der Waals surface area contributed by atoms with Crippen LogP contribution < -0.4 is 10.2 Å². The summed E-state index contributed by atoms with van der Waals surface area (Å²) in [6, 6.07) is 12.2. The third kappa shape index (κ3) is 6.96. The average molecular weight is 570 g/mol. The lowest BCUT2D eigenvalue weighted by Crippen LogP contribution is -2.49. The highest BCUT2D eigenvalue weighted by atomic mass is 16.6. The van der Waals surface area contributed by atoms with E-state index in [4.69, 9.17) is 9.72 Å². The Kier molecular flexibility index (Phi) is 7.68. The van der Waals surface area contributed by atoms with Gasteiger partial charge in [0.05, 0.1) is 16.7 Å². The molecule has 3 aromatic heterocycles. The summed E-state index contributed by atoms with van der Waals surface area (Å²) in [5, 5.41) is 3.32. The zero-order chi connectivity index (χ0) is 29.3. The Morgan fingerprint density at radius 1 is 1.07 bits per heavy atom. The largest absolute Gasteiger partial charge is 0.444 e. The number of aromatic amines is 1. The summed E-state index contributed by atoms with van der Waals surface area (Å²) in [6.45, 7) is 10.4. The topological polar surface area (TPSA) is 115 Å². The predicted molar refractivity (Wildman–Crippen MR) is 164 cm³/mol. The van der Waals surface area contributed by atoms with E-state index in [1.54, 1.807) is 11.2 Å². The minimum atomic E-state index is -0.483. The van der Waals surface area contributed by atoms with Crippen LogP contribution in [-0.2, 0) is 11.3 Å². The number of anilines is 3. The summed E-state index contributed by atoms with van der Waals surface area (Å²) in [6.07, 6.45) is 5.82. The summed E-state index contributed by atoms with van der Waals surface area (Å²) in [5.41, 5.74) is 4.33. The van der Waals surface area contributed by atoms with Gasteiger partial charge in [0.1, 0.15) is 23.6 Å². The Labute approximate surface area is 246 Å². The van der Waals surface area contributed by atoms with Gasteiger partial charge in [-0.1, -0.05) is 6.07 Å². The molecular formula is C31H39N9O2. The van der Waals surface area contributed by atoms with Crippen molar-refractivity contribution < 1.29 is 9.53 Å². The number of ether oxygens (including phenoxy) is 1. The number of rotatable bonds is 8. The molecule has 4 aromatic rings. The van der Waals surface area contributed by atoms with Crippen LogP contribution in [0.4, 0.5) is 22.4 Å². The number of piperazine rings is 1. The van der Waals surface area contributed by atoms with Crippen LogP contribution in [-0.4, -0.2) is 86.2 Å². The predicted octanol–water partition coefficient (Wildman–Crippen LogP) is 5.06. The molecule has 1 saturated heterocycles. The molecule has 1 aliphatic heterocycles. The van der Waals surface area contributed by atoms with E-state index in [0.29, 0.717) is 19.0 Å². The quantitative estimate of drug-likeness (QED) is 0.300. The summed E-state index contributed by atoms with van der Waals surface area (Å²) in [4.78, 5) is 40.3. The maximum Gasteiger partial charge on any atom is 0.410 e. The molecule has 0 atom stereocenters. The zero-order valence-corrected chi connectivity index (χ0v) is 24.8. The molecule has 11 nitrogen and oxygen atoms in total. The Morgan fingerprint density at radius 2 is 1.88 bits per heavy atom. The number of aromatic nitrogens is 5. The van der Waals surface area contributed by atoms with E-state index in [9.17, 15) is 4.79 Å². The number of benzene rings is 1. The van der Waals surface area contributed by atoms with Crippen LogP contribution in [0.1, 0.15) is 39.2 Å². The molecule has 0 radical (unpaired) electrons. The molecule has 1 amide bonds. The smallest absolute Gasteiger partial charge is 0.410 e. The van der Waals surface area contributed by atoms with Gasteiger partial charge in [-0.25, -0.2) is 24.7 Å². The summed E-state index contributed by atoms with van der Waals surface area (Å²) < 4.78 is 5.52. The molecule has 1 saturated carbocycles. The number of carbonyl (C=O) groups excluding carboxylic acids is 1. The molecule has 2 aliphatic rings. The fraction of sp³-hybridized carbons (Fsp3) is 0.452. The van der Waals surface area contributed by atoms with E-state index in [1.807, 2.05) is 57.3 Å². The molecule has 1 aliphatic carbocycles. The van der Waals surface area contributed by atoms with E-state index < -0.39 is 5.60 Å². The van der Waals surface area contributed by atoms with Gasteiger partial charge < -0.3 is 24.8 Å². The molecule has 0 unspecified atom stereocenters. The van der Waals surface area contributed by atoms with Crippen molar-refractivity contribution >= 4 is 34.7 Å². The zero-order valence-electron chi connectivity index (χ0n) is 24.8. The van der Waals surface area contributed by atoms with E-state index in [1.165, 1.54) is 12.8 Å². The van der Waals surface area contributed by atoms with Gasteiger partial charge in [-0.05, 0) is 69.4 Å². The number of fused-ring (bicyclic) bond motifs is 1. The van der Waals surface area contributed by atoms with Crippen LogP contribution in [0.15, 0.2) is 48.9 Å². The summed E-state index contributed by atoms with van der Waals surface area (Å²) in [7, 11) is 2.09. The second-order valence-corrected chi connectivity index (χ2v) is 12.3. The van der Waals surface area contributed by atoms with Crippen molar-refractivity contribution in [1.29, 1.82) is 0 Å². The van der Waals surface area contributed by atoms with Crippen LogP contribution in [0, 0.1) is 5.92 Å². The van der Waals surface area contributed by atoms with Gasteiger partial charge in [0.25, 0.3) is 0 Å². The highest BCUT2D eigenvalue weighted by Gasteiger charge is 2.26. The number of hydrogen-bond donors (Lipinski definition) is 2. The lowest BCUT2D eigenvalue weighted by molar-refractivity contribution is 0.0139. The number of hydrogen-bond acceptors (Lipinski definition) is 9. The van der Waals surface area contributed by atoms with Crippen molar-refractivity contribution in [2.75, 3.05) is 50.0 Å².